The lowest BCUT2D eigenvalue weighted by atomic mass is 10.1. The monoisotopic (exact) mass is 524 g/mol. The first-order valence-electron chi connectivity index (χ1n) is 10.5. The molecule has 0 aliphatic carbocycles. The second-order valence-electron chi connectivity index (χ2n) is 7.62. The van der Waals surface area contributed by atoms with Crippen molar-refractivity contribution < 1.29 is 9.84 Å². The van der Waals surface area contributed by atoms with Gasteiger partial charge in [-0.2, -0.15) is 5.26 Å². The third-order valence-electron chi connectivity index (χ3n) is 5.65. The Morgan fingerprint density at radius 1 is 1.09 bits per heavy atom. The number of nitrogens with one attached hydrogen (secondary N) is 1. The number of fused-ring (bicyclic) bond motifs is 1. The molecule has 0 saturated carbocycles. The van der Waals surface area contributed by atoms with E-state index in [9.17, 15) is 10.4 Å². The van der Waals surface area contributed by atoms with Crippen molar-refractivity contribution >= 4 is 58.8 Å². The zero-order chi connectivity index (χ0) is 22.5. The van der Waals surface area contributed by atoms with Gasteiger partial charge in [-0.05, 0) is 35.9 Å². The summed E-state index contributed by atoms with van der Waals surface area (Å²) in [5.41, 5.74) is 1.55. The van der Waals surface area contributed by atoms with Gasteiger partial charge in [0.25, 0.3) is 0 Å². The minimum Gasteiger partial charge on any atom is -0.495 e. The fourth-order valence-electron chi connectivity index (χ4n) is 3.90. The molecule has 0 spiro atoms. The Morgan fingerprint density at radius 2 is 1.85 bits per heavy atom. The second kappa shape index (κ2) is 12.8. The molecule has 2 aromatic carbocycles. The number of aromatic nitrogens is 2. The summed E-state index contributed by atoms with van der Waals surface area (Å²) in [6.45, 7) is 4.69. The molecule has 3 aromatic rings. The third-order valence-corrected chi connectivity index (χ3v) is 5.95. The molecule has 0 bridgehead atoms. The van der Waals surface area contributed by atoms with Gasteiger partial charge in [-0.15, -0.1) is 35.0 Å². The minimum atomic E-state index is 0. The van der Waals surface area contributed by atoms with Crippen molar-refractivity contribution in [2.45, 2.75) is 6.54 Å². The number of hydrogen-bond acceptors (Lipinski definition) is 8. The number of benzene rings is 2. The van der Waals surface area contributed by atoms with Gasteiger partial charge in [0.1, 0.15) is 5.75 Å². The van der Waals surface area contributed by atoms with Crippen molar-refractivity contribution in [2.24, 2.45) is 0 Å². The molecular weight excluding hydrogens is 499 g/mol. The lowest BCUT2D eigenvalue weighted by Gasteiger charge is -2.35. The summed E-state index contributed by atoms with van der Waals surface area (Å²) < 4.78 is 5.21. The Hall–Kier alpha value is -2.54. The van der Waals surface area contributed by atoms with Crippen molar-refractivity contribution in [3.8, 4) is 11.8 Å². The van der Waals surface area contributed by atoms with Crippen molar-refractivity contribution in [1.29, 1.82) is 5.26 Å². The molecule has 0 amide bonds. The van der Waals surface area contributed by atoms with Crippen LogP contribution in [0.1, 0.15) is 11.1 Å². The van der Waals surface area contributed by atoms with Crippen molar-refractivity contribution in [2.75, 3.05) is 56.7 Å². The van der Waals surface area contributed by atoms with E-state index in [2.05, 4.69) is 31.4 Å². The molecule has 1 aliphatic heterocycles. The molecule has 4 rings (SSSR count). The summed E-state index contributed by atoms with van der Waals surface area (Å²) in [5.74, 6) is 2.06. The summed E-state index contributed by atoms with van der Waals surface area (Å²) in [6, 6.07) is 13.4. The molecule has 182 valence electrons. The number of halogens is 3. The molecule has 1 aliphatic rings. The van der Waals surface area contributed by atoms with Gasteiger partial charge in [0.15, 0.2) is 11.6 Å². The molecule has 2 heterocycles. The number of methoxy groups -OCH3 is 1. The number of aliphatic hydroxyl groups excluding tert-OH is 1. The summed E-state index contributed by atoms with van der Waals surface area (Å²) in [6.07, 6.45) is 0. The average molecular weight is 526 g/mol. The summed E-state index contributed by atoms with van der Waals surface area (Å²) in [4.78, 5) is 4.44. The van der Waals surface area contributed by atoms with Crippen molar-refractivity contribution in [1.82, 2.24) is 15.1 Å². The maximum atomic E-state index is 9.40. The van der Waals surface area contributed by atoms with E-state index >= 15 is 0 Å². The van der Waals surface area contributed by atoms with Crippen LogP contribution in [0.15, 0.2) is 36.4 Å². The highest BCUT2D eigenvalue weighted by atomic mass is 35.5. The predicted molar refractivity (Wildman–Crippen MR) is 140 cm³/mol. The number of anilines is 2. The minimum absolute atomic E-state index is 0. The number of nitrogens with zero attached hydrogens (tertiary/aromatic N) is 5. The molecule has 0 atom stereocenters. The summed E-state index contributed by atoms with van der Waals surface area (Å²) in [7, 11) is 1.59. The van der Waals surface area contributed by atoms with Crippen LogP contribution in [-0.2, 0) is 6.54 Å². The van der Waals surface area contributed by atoms with Crippen LogP contribution in [0.25, 0.3) is 10.8 Å². The van der Waals surface area contributed by atoms with E-state index in [0.29, 0.717) is 35.2 Å². The number of nitriles is 1. The SMILES string of the molecule is COc1ccc(CNc2nnc(N3CCN(CCO)CC3)c3ccc(C#N)cc23)cc1Cl.Cl.Cl. The quantitative estimate of drug-likeness (QED) is 0.482. The van der Waals surface area contributed by atoms with Gasteiger partial charge in [0.2, 0.25) is 0 Å². The molecule has 0 radical (unpaired) electrons. The number of β-amino-alcohol motifs (C(OH)–C–C–N with tert-alkyl or cyclic N) is 1. The Bertz CT molecular complexity index is 1150. The van der Waals surface area contributed by atoms with Crippen LogP contribution in [0, 0.1) is 11.3 Å². The van der Waals surface area contributed by atoms with E-state index in [1.54, 1.807) is 7.11 Å². The Morgan fingerprint density at radius 3 is 2.50 bits per heavy atom. The molecule has 1 aromatic heterocycles. The molecule has 1 fully saturated rings. The maximum Gasteiger partial charge on any atom is 0.159 e. The number of aliphatic hydroxyl groups is 1. The topological polar surface area (TPSA) is 97.5 Å². The molecule has 0 unspecified atom stereocenters. The normalized spacial score (nSPS) is 13.5. The second-order valence-corrected chi connectivity index (χ2v) is 8.03. The van der Waals surface area contributed by atoms with E-state index in [0.717, 1.165) is 48.3 Å². The van der Waals surface area contributed by atoms with Crippen LogP contribution >= 0.6 is 36.4 Å². The van der Waals surface area contributed by atoms with Gasteiger partial charge in [-0.1, -0.05) is 17.7 Å². The first-order valence-corrected chi connectivity index (χ1v) is 10.9. The van der Waals surface area contributed by atoms with Crippen LogP contribution in [0.3, 0.4) is 0 Å². The van der Waals surface area contributed by atoms with Crippen molar-refractivity contribution in [3.05, 3.63) is 52.5 Å². The van der Waals surface area contributed by atoms with Gasteiger partial charge in [-0.25, -0.2) is 0 Å². The highest BCUT2D eigenvalue weighted by Gasteiger charge is 2.21. The standard InChI is InChI=1S/C23H25ClN6O2.2ClH/c1-32-21-5-3-17(13-20(21)24)15-26-22-19-12-16(14-25)2-4-18(19)23(28-27-22)30-8-6-29(7-9-30)10-11-31;;/h2-5,12-13,31H,6-11,15H2,1H3,(H,26,27);2*1H. The molecule has 8 nitrogen and oxygen atoms in total. The zero-order valence-corrected chi connectivity index (χ0v) is 21.1. The number of rotatable bonds is 7. The van der Waals surface area contributed by atoms with Crippen LogP contribution in [0.2, 0.25) is 5.02 Å². The van der Waals surface area contributed by atoms with Crippen LogP contribution < -0.4 is 15.0 Å². The van der Waals surface area contributed by atoms with E-state index in [1.807, 2.05) is 36.4 Å². The average Bonchev–Trinajstić information content (AvgIpc) is 2.83. The molecular formula is C23H27Cl3N6O2. The smallest absolute Gasteiger partial charge is 0.159 e. The fraction of sp³-hybridized carbons (Fsp3) is 0.348. The first-order chi connectivity index (χ1) is 15.6. The van der Waals surface area contributed by atoms with Gasteiger partial charge < -0.3 is 20.1 Å². The molecule has 1 saturated heterocycles. The predicted octanol–water partition coefficient (Wildman–Crippen LogP) is 3.73. The molecule has 34 heavy (non-hydrogen) atoms. The fourth-order valence-corrected chi connectivity index (χ4v) is 4.18. The van der Waals surface area contributed by atoms with Crippen LogP contribution in [-0.4, -0.2) is 66.6 Å². The van der Waals surface area contributed by atoms with Crippen LogP contribution in [0.5, 0.6) is 5.75 Å². The van der Waals surface area contributed by atoms with E-state index in [-0.39, 0.29) is 31.4 Å². The summed E-state index contributed by atoms with van der Waals surface area (Å²) in [5, 5.41) is 33.3. The van der Waals surface area contributed by atoms with Crippen LogP contribution in [0.4, 0.5) is 11.6 Å². The number of hydrogen-bond donors (Lipinski definition) is 2. The highest BCUT2D eigenvalue weighted by Crippen LogP contribution is 2.31. The van der Waals surface area contributed by atoms with Gasteiger partial charge in [0.05, 0.1) is 30.4 Å². The van der Waals surface area contributed by atoms with Crippen molar-refractivity contribution in [3.63, 3.8) is 0 Å². The molecule has 11 heteroatoms. The Labute approximate surface area is 216 Å². The summed E-state index contributed by atoms with van der Waals surface area (Å²) >= 11 is 6.24. The number of piperazine rings is 1. The first kappa shape index (κ1) is 27.7. The van der Waals surface area contributed by atoms with E-state index in [1.165, 1.54) is 0 Å². The third kappa shape index (κ3) is 6.12. The Kier molecular flexibility index (Phi) is 10.4. The number of ether oxygens (including phenoxy) is 1. The lowest BCUT2D eigenvalue weighted by Crippen LogP contribution is -2.47. The Balaban J connectivity index is 0.00000204. The van der Waals surface area contributed by atoms with E-state index in [4.69, 9.17) is 16.3 Å². The highest BCUT2D eigenvalue weighted by molar-refractivity contribution is 6.32. The zero-order valence-electron chi connectivity index (χ0n) is 18.7. The van der Waals surface area contributed by atoms with Gasteiger partial charge >= 0.3 is 0 Å². The van der Waals surface area contributed by atoms with E-state index < -0.39 is 0 Å². The maximum absolute atomic E-state index is 9.40. The van der Waals surface area contributed by atoms with Gasteiger partial charge in [-0.3, -0.25) is 4.90 Å². The molecule has 2 N–H and O–H groups in total. The van der Waals surface area contributed by atoms with Gasteiger partial charge in [0, 0.05) is 50.0 Å². The largest absolute Gasteiger partial charge is 0.495 e. The lowest BCUT2D eigenvalue weighted by molar-refractivity contribution is 0.188.